The van der Waals surface area contributed by atoms with Gasteiger partial charge in [-0.25, -0.2) is 0 Å². The Balaban J connectivity index is 3.07. The van der Waals surface area contributed by atoms with E-state index in [2.05, 4.69) is 56.6 Å². The topological polar surface area (TPSA) is 43.8 Å². The summed E-state index contributed by atoms with van der Waals surface area (Å²) in [6, 6.07) is 2.36. The largest absolute Gasteiger partial charge is 0.382 e. The van der Waals surface area contributed by atoms with Gasteiger partial charge in [-0.3, -0.25) is 4.68 Å². The van der Waals surface area contributed by atoms with Gasteiger partial charge in [0.25, 0.3) is 0 Å². The van der Waals surface area contributed by atoms with Gasteiger partial charge in [0.2, 0.25) is 0 Å². The molecule has 0 amide bonds. The van der Waals surface area contributed by atoms with Crippen molar-refractivity contribution >= 4 is 11.4 Å². The maximum absolute atomic E-state index is 5.91. The minimum absolute atomic E-state index is 0.370. The molecule has 1 aromatic rings. The van der Waals surface area contributed by atoms with Crippen LogP contribution in [0.2, 0.25) is 0 Å². The van der Waals surface area contributed by atoms with Crippen LogP contribution in [0.5, 0.6) is 0 Å². The molecule has 21 heavy (non-hydrogen) atoms. The van der Waals surface area contributed by atoms with Crippen molar-refractivity contribution < 1.29 is 0 Å². The molecule has 0 saturated carbocycles. The van der Waals surface area contributed by atoms with E-state index in [4.69, 9.17) is 5.73 Å². The number of nitrogen functional groups attached to an aromatic ring is 1. The Bertz CT molecular complexity index is 495. The van der Waals surface area contributed by atoms with Crippen LogP contribution in [0.1, 0.15) is 78.5 Å². The number of rotatable bonds is 8. The summed E-state index contributed by atoms with van der Waals surface area (Å²) in [5.41, 5.74) is 9.71. The molecule has 118 valence electrons. The van der Waals surface area contributed by atoms with E-state index in [1.54, 1.807) is 0 Å². The zero-order valence-electron chi connectivity index (χ0n) is 14.3. The Hall–Kier alpha value is -1.51. The maximum atomic E-state index is 5.91. The Kier molecular flexibility index (Phi) is 7.27. The average molecular weight is 289 g/mol. The molecule has 0 aromatic carbocycles. The summed E-state index contributed by atoms with van der Waals surface area (Å²) in [6.07, 6.45) is 10.4. The number of allylic oxidation sites excluding steroid dienone is 4. The van der Waals surface area contributed by atoms with Gasteiger partial charge < -0.3 is 5.73 Å². The molecule has 0 radical (unpaired) electrons. The number of hydrogen-bond acceptors (Lipinski definition) is 2. The summed E-state index contributed by atoms with van der Waals surface area (Å²) in [6.45, 7) is 10.9. The molecule has 0 spiro atoms. The van der Waals surface area contributed by atoms with Crippen LogP contribution in [-0.2, 0) is 0 Å². The van der Waals surface area contributed by atoms with Crippen molar-refractivity contribution in [2.75, 3.05) is 5.73 Å². The number of aromatic nitrogens is 2. The molecule has 1 heterocycles. The molecule has 1 unspecified atom stereocenters. The van der Waals surface area contributed by atoms with Gasteiger partial charge in [-0.2, -0.15) is 5.10 Å². The highest BCUT2D eigenvalue weighted by Gasteiger charge is 2.12. The molecule has 0 fully saturated rings. The molecule has 3 heteroatoms. The fraction of sp³-hybridized carbons (Fsp3) is 0.611. The zero-order valence-corrected chi connectivity index (χ0v) is 14.3. The van der Waals surface area contributed by atoms with Gasteiger partial charge in [0.15, 0.2) is 0 Å². The first-order chi connectivity index (χ1) is 10.0. The third-order valence-corrected chi connectivity index (χ3v) is 3.85. The highest BCUT2D eigenvalue weighted by molar-refractivity contribution is 5.66. The molecule has 0 aliphatic rings. The molecule has 1 rings (SSSR count). The number of hydrogen-bond donors (Lipinski definition) is 1. The normalized spacial score (nSPS) is 14.5. The quantitative estimate of drug-likeness (QED) is 0.654. The van der Waals surface area contributed by atoms with E-state index in [0.717, 1.165) is 25.0 Å². The zero-order chi connectivity index (χ0) is 15.8. The van der Waals surface area contributed by atoms with Gasteiger partial charge in [0, 0.05) is 12.1 Å². The number of nitrogens with two attached hydrogens (primary N) is 1. The Morgan fingerprint density at radius 1 is 1.38 bits per heavy atom. The van der Waals surface area contributed by atoms with Crippen molar-refractivity contribution in [1.82, 2.24) is 9.78 Å². The van der Waals surface area contributed by atoms with Crippen LogP contribution in [0.3, 0.4) is 0 Å². The monoisotopic (exact) mass is 289 g/mol. The summed E-state index contributed by atoms with van der Waals surface area (Å²) in [5, 5.41) is 4.45. The minimum Gasteiger partial charge on any atom is -0.382 e. The average Bonchev–Trinajstić information content (AvgIpc) is 2.86. The molecule has 2 N–H and O–H groups in total. The van der Waals surface area contributed by atoms with E-state index in [1.807, 2.05) is 6.07 Å². The molecule has 1 atom stereocenters. The lowest BCUT2D eigenvalue weighted by atomic mass is 10.0. The summed E-state index contributed by atoms with van der Waals surface area (Å²) < 4.78 is 2.06. The second-order valence-corrected chi connectivity index (χ2v) is 5.77. The third-order valence-electron chi connectivity index (χ3n) is 3.85. The minimum atomic E-state index is 0.370. The van der Waals surface area contributed by atoms with Crippen molar-refractivity contribution in [2.45, 2.75) is 72.8 Å². The number of nitrogens with zero attached hydrogens (tertiary/aromatic N) is 2. The lowest BCUT2D eigenvalue weighted by Crippen LogP contribution is -2.09. The predicted molar refractivity (Wildman–Crippen MR) is 93.2 cm³/mol. The van der Waals surface area contributed by atoms with E-state index >= 15 is 0 Å². The molecule has 0 aliphatic carbocycles. The van der Waals surface area contributed by atoms with Crippen molar-refractivity contribution in [2.24, 2.45) is 0 Å². The molecular weight excluding hydrogens is 258 g/mol. The van der Waals surface area contributed by atoms with Gasteiger partial charge in [-0.05, 0) is 45.1 Å². The van der Waals surface area contributed by atoms with Crippen LogP contribution in [0, 0.1) is 0 Å². The summed E-state index contributed by atoms with van der Waals surface area (Å²) in [4.78, 5) is 0. The SMILES string of the molecule is CC/C=C(\C=C(/C)c1cc(N)nn1C(C)CC)CCCC. The van der Waals surface area contributed by atoms with Gasteiger partial charge in [0.1, 0.15) is 5.82 Å². The Labute approximate surface area is 129 Å². The molecular formula is C18H31N3. The molecule has 0 bridgehead atoms. The van der Waals surface area contributed by atoms with Crippen molar-refractivity contribution in [3.8, 4) is 0 Å². The molecule has 3 nitrogen and oxygen atoms in total. The molecule has 0 aliphatic heterocycles. The third kappa shape index (κ3) is 5.07. The van der Waals surface area contributed by atoms with Crippen LogP contribution in [-0.4, -0.2) is 9.78 Å². The predicted octanol–water partition coefficient (Wildman–Crippen LogP) is 5.37. The van der Waals surface area contributed by atoms with Crippen LogP contribution in [0.15, 0.2) is 23.8 Å². The summed E-state index contributed by atoms with van der Waals surface area (Å²) in [5.74, 6) is 0.604. The van der Waals surface area contributed by atoms with E-state index in [0.29, 0.717) is 11.9 Å². The summed E-state index contributed by atoms with van der Waals surface area (Å²) >= 11 is 0. The van der Waals surface area contributed by atoms with Crippen molar-refractivity contribution in [3.63, 3.8) is 0 Å². The lowest BCUT2D eigenvalue weighted by molar-refractivity contribution is 0.475. The van der Waals surface area contributed by atoms with Gasteiger partial charge in [0.05, 0.1) is 5.69 Å². The van der Waals surface area contributed by atoms with E-state index in [9.17, 15) is 0 Å². The number of unbranched alkanes of at least 4 members (excludes halogenated alkanes) is 1. The van der Waals surface area contributed by atoms with Crippen LogP contribution < -0.4 is 5.73 Å². The second-order valence-electron chi connectivity index (χ2n) is 5.77. The maximum Gasteiger partial charge on any atom is 0.146 e. The van der Waals surface area contributed by atoms with Crippen LogP contribution >= 0.6 is 0 Å². The van der Waals surface area contributed by atoms with Crippen molar-refractivity contribution in [1.29, 1.82) is 0 Å². The first-order valence-electron chi connectivity index (χ1n) is 8.26. The fourth-order valence-electron chi connectivity index (χ4n) is 2.45. The van der Waals surface area contributed by atoms with Gasteiger partial charge in [-0.1, -0.05) is 44.9 Å². The first kappa shape index (κ1) is 17.5. The molecule has 1 aromatic heterocycles. The standard InChI is InChI=1S/C18H31N3/c1-6-9-11-16(10-7-2)12-14(4)17-13-18(19)20-21(17)15(5)8-3/h10,12-13,15H,6-9,11H2,1-5H3,(H2,19,20)/b14-12+,16-10-. The van der Waals surface area contributed by atoms with E-state index in [-0.39, 0.29) is 0 Å². The van der Waals surface area contributed by atoms with Crippen molar-refractivity contribution in [3.05, 3.63) is 29.5 Å². The smallest absolute Gasteiger partial charge is 0.146 e. The highest BCUT2D eigenvalue weighted by atomic mass is 15.3. The Morgan fingerprint density at radius 2 is 2.10 bits per heavy atom. The fourth-order valence-corrected chi connectivity index (χ4v) is 2.45. The summed E-state index contributed by atoms with van der Waals surface area (Å²) in [7, 11) is 0. The second kappa shape index (κ2) is 8.71. The lowest BCUT2D eigenvalue weighted by Gasteiger charge is -2.14. The highest BCUT2D eigenvalue weighted by Crippen LogP contribution is 2.24. The van der Waals surface area contributed by atoms with Gasteiger partial charge >= 0.3 is 0 Å². The van der Waals surface area contributed by atoms with Crippen LogP contribution in [0.4, 0.5) is 5.82 Å². The van der Waals surface area contributed by atoms with Gasteiger partial charge in [-0.15, -0.1) is 0 Å². The van der Waals surface area contributed by atoms with Crippen LogP contribution in [0.25, 0.3) is 5.57 Å². The Morgan fingerprint density at radius 3 is 2.67 bits per heavy atom. The number of anilines is 1. The first-order valence-corrected chi connectivity index (χ1v) is 8.26. The molecule has 0 saturated heterocycles. The van der Waals surface area contributed by atoms with E-state index in [1.165, 1.54) is 24.0 Å². The van der Waals surface area contributed by atoms with E-state index < -0.39 is 0 Å².